The molecule has 48 valence electrons. The maximum absolute atomic E-state index is 5.53. The molecule has 0 heterocycles. The summed E-state index contributed by atoms with van der Waals surface area (Å²) in [6.45, 7) is 5.92. The van der Waals surface area contributed by atoms with Gasteiger partial charge in [-0.1, -0.05) is 5.57 Å². The first-order valence-electron chi connectivity index (χ1n) is 2.48. The van der Waals surface area contributed by atoms with Crippen LogP contribution < -0.4 is 0 Å². The van der Waals surface area contributed by atoms with E-state index >= 15 is 0 Å². The SMILES string of the molecule is CC(C)=C(C)C(Cl)Cl. The van der Waals surface area contributed by atoms with Crippen LogP contribution in [0.1, 0.15) is 20.8 Å². The Morgan fingerprint density at radius 2 is 1.50 bits per heavy atom. The van der Waals surface area contributed by atoms with E-state index in [0.29, 0.717) is 0 Å². The van der Waals surface area contributed by atoms with E-state index in [4.69, 9.17) is 23.2 Å². The number of allylic oxidation sites excluding steroid dienone is 2. The van der Waals surface area contributed by atoms with Crippen molar-refractivity contribution in [3.8, 4) is 0 Å². The van der Waals surface area contributed by atoms with Gasteiger partial charge in [-0.15, -0.1) is 23.2 Å². The Balaban J connectivity index is 4.00. The van der Waals surface area contributed by atoms with Crippen LogP contribution >= 0.6 is 23.2 Å². The van der Waals surface area contributed by atoms with Gasteiger partial charge in [0.15, 0.2) is 0 Å². The lowest BCUT2D eigenvalue weighted by Crippen LogP contribution is -1.89. The first-order valence-corrected chi connectivity index (χ1v) is 3.35. The summed E-state index contributed by atoms with van der Waals surface area (Å²) in [5.74, 6) is 0. The fraction of sp³-hybridized carbons (Fsp3) is 0.667. The Labute approximate surface area is 60.5 Å². The predicted molar refractivity (Wildman–Crippen MR) is 39.5 cm³/mol. The molecule has 0 fully saturated rings. The standard InChI is InChI=1S/C6H10Cl2/c1-4(2)5(3)6(7)8/h6H,1-3H3. The van der Waals surface area contributed by atoms with E-state index in [1.807, 2.05) is 20.8 Å². The number of alkyl halides is 2. The molecule has 0 radical (unpaired) electrons. The minimum absolute atomic E-state index is 0.333. The Hall–Kier alpha value is 0.320. The molecule has 2 heteroatoms. The fourth-order valence-corrected chi connectivity index (χ4v) is 0.655. The zero-order chi connectivity index (χ0) is 6.73. The van der Waals surface area contributed by atoms with Crippen molar-refractivity contribution in [1.29, 1.82) is 0 Å². The van der Waals surface area contributed by atoms with Crippen LogP contribution in [0.2, 0.25) is 0 Å². The molecule has 0 saturated carbocycles. The molecular formula is C6H10Cl2. The second-order valence-electron chi connectivity index (χ2n) is 1.98. The lowest BCUT2D eigenvalue weighted by molar-refractivity contribution is 1.20. The molecule has 0 atom stereocenters. The van der Waals surface area contributed by atoms with Gasteiger partial charge in [0.05, 0.1) is 0 Å². The summed E-state index contributed by atoms with van der Waals surface area (Å²) in [5, 5.41) is 0. The number of halogens is 2. The van der Waals surface area contributed by atoms with Crippen molar-refractivity contribution in [2.24, 2.45) is 0 Å². The van der Waals surface area contributed by atoms with Gasteiger partial charge in [0.2, 0.25) is 0 Å². The maximum Gasteiger partial charge on any atom is 0.128 e. The van der Waals surface area contributed by atoms with Gasteiger partial charge in [-0.25, -0.2) is 0 Å². The van der Waals surface area contributed by atoms with E-state index in [-0.39, 0.29) is 4.84 Å². The summed E-state index contributed by atoms with van der Waals surface area (Å²) in [6, 6.07) is 0. The Bertz CT molecular complexity index is 99.1. The summed E-state index contributed by atoms with van der Waals surface area (Å²) in [6.07, 6.45) is 0. The van der Waals surface area contributed by atoms with Crippen LogP contribution in [-0.4, -0.2) is 4.84 Å². The molecule has 0 unspecified atom stereocenters. The summed E-state index contributed by atoms with van der Waals surface area (Å²) in [4.78, 5) is -0.333. The lowest BCUT2D eigenvalue weighted by atomic mass is 10.2. The highest BCUT2D eigenvalue weighted by atomic mass is 35.5. The zero-order valence-corrected chi connectivity index (χ0v) is 6.85. The molecule has 0 aromatic carbocycles. The maximum atomic E-state index is 5.53. The molecule has 0 spiro atoms. The number of hydrogen-bond donors (Lipinski definition) is 0. The van der Waals surface area contributed by atoms with Crippen LogP contribution in [-0.2, 0) is 0 Å². The van der Waals surface area contributed by atoms with Gasteiger partial charge in [-0.05, 0) is 26.3 Å². The molecule has 0 amide bonds. The monoisotopic (exact) mass is 152 g/mol. The van der Waals surface area contributed by atoms with Gasteiger partial charge < -0.3 is 0 Å². The highest BCUT2D eigenvalue weighted by molar-refractivity contribution is 6.46. The van der Waals surface area contributed by atoms with Crippen molar-refractivity contribution >= 4 is 23.2 Å². The van der Waals surface area contributed by atoms with E-state index in [2.05, 4.69) is 0 Å². The van der Waals surface area contributed by atoms with E-state index in [9.17, 15) is 0 Å². The van der Waals surface area contributed by atoms with Crippen molar-refractivity contribution in [2.45, 2.75) is 25.6 Å². The first-order chi connectivity index (χ1) is 3.55. The molecule has 0 aliphatic rings. The Morgan fingerprint density at radius 3 is 1.50 bits per heavy atom. The quantitative estimate of drug-likeness (QED) is 0.401. The normalized spacial score (nSPS) is 9.75. The molecular weight excluding hydrogens is 143 g/mol. The van der Waals surface area contributed by atoms with Crippen LogP contribution in [0.15, 0.2) is 11.1 Å². The van der Waals surface area contributed by atoms with Crippen molar-refractivity contribution in [1.82, 2.24) is 0 Å². The van der Waals surface area contributed by atoms with Crippen molar-refractivity contribution in [3.63, 3.8) is 0 Å². The molecule has 0 aromatic heterocycles. The summed E-state index contributed by atoms with van der Waals surface area (Å²) in [7, 11) is 0. The van der Waals surface area contributed by atoms with Crippen LogP contribution in [0.3, 0.4) is 0 Å². The Morgan fingerprint density at radius 1 is 1.12 bits per heavy atom. The lowest BCUT2D eigenvalue weighted by Gasteiger charge is -2.01. The van der Waals surface area contributed by atoms with Gasteiger partial charge in [-0.3, -0.25) is 0 Å². The molecule has 0 aliphatic carbocycles. The van der Waals surface area contributed by atoms with Crippen LogP contribution in [0, 0.1) is 0 Å². The van der Waals surface area contributed by atoms with E-state index < -0.39 is 0 Å². The average Bonchev–Trinajstić information content (AvgIpc) is 1.64. The fourth-order valence-electron chi connectivity index (χ4n) is 0.218. The third-order valence-corrected chi connectivity index (χ3v) is 1.77. The van der Waals surface area contributed by atoms with Crippen molar-refractivity contribution in [2.75, 3.05) is 0 Å². The number of hydrogen-bond acceptors (Lipinski definition) is 0. The highest BCUT2D eigenvalue weighted by Gasteiger charge is 2.00. The molecule has 8 heavy (non-hydrogen) atoms. The zero-order valence-electron chi connectivity index (χ0n) is 5.33. The van der Waals surface area contributed by atoms with Gasteiger partial charge in [0, 0.05) is 0 Å². The van der Waals surface area contributed by atoms with Crippen LogP contribution in [0.25, 0.3) is 0 Å². The van der Waals surface area contributed by atoms with Gasteiger partial charge >= 0.3 is 0 Å². The van der Waals surface area contributed by atoms with E-state index in [1.54, 1.807) is 0 Å². The summed E-state index contributed by atoms with van der Waals surface area (Å²) < 4.78 is 0. The van der Waals surface area contributed by atoms with E-state index in [1.165, 1.54) is 5.57 Å². The van der Waals surface area contributed by atoms with Crippen molar-refractivity contribution in [3.05, 3.63) is 11.1 Å². The van der Waals surface area contributed by atoms with Gasteiger partial charge in [0.1, 0.15) is 4.84 Å². The smallest absolute Gasteiger partial charge is 0.100 e. The van der Waals surface area contributed by atoms with E-state index in [0.717, 1.165) is 5.57 Å². The molecule has 0 rings (SSSR count). The van der Waals surface area contributed by atoms with Crippen molar-refractivity contribution < 1.29 is 0 Å². The minimum Gasteiger partial charge on any atom is -0.100 e. The molecule has 0 aromatic rings. The van der Waals surface area contributed by atoms with Crippen LogP contribution in [0.5, 0.6) is 0 Å². The molecule has 0 bridgehead atoms. The third-order valence-electron chi connectivity index (χ3n) is 1.12. The van der Waals surface area contributed by atoms with Gasteiger partial charge in [0.25, 0.3) is 0 Å². The number of rotatable bonds is 1. The summed E-state index contributed by atoms with van der Waals surface area (Å²) in [5.41, 5.74) is 2.24. The summed E-state index contributed by atoms with van der Waals surface area (Å²) >= 11 is 11.1. The third kappa shape index (κ3) is 2.58. The molecule has 0 saturated heterocycles. The molecule has 0 aliphatic heterocycles. The second kappa shape index (κ2) is 3.37. The highest BCUT2D eigenvalue weighted by Crippen LogP contribution is 2.16. The average molecular weight is 153 g/mol. The molecule has 0 nitrogen and oxygen atoms in total. The Kier molecular flexibility index (Phi) is 3.50. The largest absolute Gasteiger partial charge is 0.128 e. The second-order valence-corrected chi connectivity index (χ2v) is 3.08. The molecule has 0 N–H and O–H groups in total. The topological polar surface area (TPSA) is 0 Å². The minimum atomic E-state index is -0.333. The van der Waals surface area contributed by atoms with Gasteiger partial charge in [-0.2, -0.15) is 0 Å². The predicted octanol–water partition coefficient (Wildman–Crippen LogP) is 3.15. The van der Waals surface area contributed by atoms with Crippen LogP contribution in [0.4, 0.5) is 0 Å². The first kappa shape index (κ1) is 8.32.